The Labute approximate surface area is 460 Å². The van der Waals surface area contributed by atoms with Crippen LogP contribution in [0.1, 0.15) is 29.3 Å². The van der Waals surface area contributed by atoms with E-state index < -0.39 is 149 Å². The molecule has 0 aliphatic rings. The van der Waals surface area contributed by atoms with Crippen LogP contribution in [-0.4, -0.2) is 124 Å². The molecule has 5 rings (SSSR count). The number of carbonyl (C=O) groups excluding carboxylic acids is 1. The lowest BCUT2D eigenvalue weighted by molar-refractivity contribution is -0.114. The molecule has 10 N–H and O–H groups in total. The van der Waals surface area contributed by atoms with Crippen LogP contribution in [0.5, 0.6) is 5.75 Å². The molecule has 0 aliphatic carbocycles. The maximum atomic E-state index is 13.1. The van der Waals surface area contributed by atoms with Crippen LogP contribution in [0.2, 0.25) is 0 Å². The van der Waals surface area contributed by atoms with Crippen molar-refractivity contribution >= 4 is 135 Å². The predicted octanol–water partition coefficient (Wildman–Crippen LogP) is 6.36. The fourth-order valence-corrected chi connectivity index (χ4v) is 10.5. The maximum Gasteiger partial charge on any atom is 0.397 e. The summed E-state index contributed by atoms with van der Waals surface area (Å²) in [5.41, 5.74) is 7.67. The van der Waals surface area contributed by atoms with Crippen molar-refractivity contribution in [2.75, 3.05) is 55.2 Å². The first kappa shape index (κ1) is 64.1. The van der Waals surface area contributed by atoms with Gasteiger partial charge in [-0.25, -0.2) is 34.2 Å². The molecule has 5 aromatic rings. The number of carboxylic acid groups (broad SMARTS) is 1. The summed E-state index contributed by atoms with van der Waals surface area (Å²) in [4.78, 5) is 24.1. The van der Waals surface area contributed by atoms with Crippen molar-refractivity contribution in [2.45, 2.75) is 34.5 Å². The SMILES string of the molecule is COc1cc(N=Nc2ccc(CCCOS(=O)(=O)O)cc2S(=O)(=O)O)c(NC(C)=O)cc1N=Nc1c(N)c(N=Nc2ccc(S(=O)(=O)CCOS(=O)(=O)O)cc2)c(N)c(N=Nc2ccc(S(=O)(=O)CCOS(=O)(=O)O)cc2)c1C(=O)O. The van der Waals surface area contributed by atoms with Gasteiger partial charge in [-0.15, -0.1) is 30.7 Å². The minimum atomic E-state index is -5.00. The quantitative estimate of drug-likeness (QED) is 0.0123. The third kappa shape index (κ3) is 18.9. The van der Waals surface area contributed by atoms with Crippen molar-refractivity contribution in [3.05, 3.63) is 90.0 Å². The van der Waals surface area contributed by atoms with Crippen molar-refractivity contribution < 1.29 is 101 Å². The van der Waals surface area contributed by atoms with Gasteiger partial charge in [0.25, 0.3) is 10.1 Å². The van der Waals surface area contributed by atoms with Crippen LogP contribution in [0.25, 0.3) is 0 Å². The lowest BCUT2D eigenvalue weighted by Gasteiger charge is -2.14. The number of benzene rings is 5. The van der Waals surface area contributed by atoms with Gasteiger partial charge in [0.15, 0.2) is 19.7 Å². The highest BCUT2D eigenvalue weighted by Gasteiger charge is 2.28. The van der Waals surface area contributed by atoms with Gasteiger partial charge in [-0.05, 0) is 85.1 Å². The molecule has 0 saturated heterocycles. The van der Waals surface area contributed by atoms with Crippen LogP contribution in [0.4, 0.5) is 62.6 Å². The molecule has 436 valence electrons. The Kier molecular flexibility index (Phi) is 20.8. The number of nitrogens with one attached hydrogen (secondary N) is 1. The van der Waals surface area contributed by atoms with Gasteiger partial charge in [0.2, 0.25) is 5.91 Å². The zero-order valence-corrected chi connectivity index (χ0v) is 46.1. The number of azo groups is 4. The molecule has 0 bridgehead atoms. The number of methoxy groups -OCH3 is 1. The molecule has 0 heterocycles. The van der Waals surface area contributed by atoms with Crippen LogP contribution in [0, 0.1) is 0 Å². The predicted molar refractivity (Wildman–Crippen MR) is 280 cm³/mol. The number of sulfone groups is 2. The molecule has 34 nitrogen and oxygen atoms in total. The molecule has 0 saturated carbocycles. The average Bonchev–Trinajstić information content (AvgIpc) is 3.50. The van der Waals surface area contributed by atoms with Crippen LogP contribution < -0.4 is 21.5 Å². The summed E-state index contributed by atoms with van der Waals surface area (Å²) in [5, 5.41) is 45.3. The first-order chi connectivity index (χ1) is 37.6. The van der Waals surface area contributed by atoms with Crippen LogP contribution in [0.15, 0.2) is 134 Å². The van der Waals surface area contributed by atoms with E-state index >= 15 is 0 Å². The number of ether oxygens (including phenoxy) is 1. The Hall–Kier alpha value is -7.74. The van der Waals surface area contributed by atoms with Crippen molar-refractivity contribution in [3.8, 4) is 5.75 Å². The number of amides is 1. The second kappa shape index (κ2) is 26.2. The molecule has 0 unspecified atom stereocenters. The standard InChI is InChI=1S/C41H43N11O23S6/c1-23(53)44-30-21-32(33(72-2)22-31(30)48-47-29-14-5-24(20-34(29)78(60,61)62)4-3-15-73-79(63,64)65)49-51-39-35(41(54)55)38(50-45-25-6-10-27(11-7-25)76(56,57)18-16-74-80(66,67)68)36(42)40(37(39)43)52-46-26-8-12-28(13-9-26)77(58,59)19-17-75-81(69,70)71/h5-14,20-22H,3-4,15-19,42-43H2,1-2H3,(H,44,53)(H,54,55)(H,60,61,62)(H,63,64,65)(H,66,67,68)(H,69,70,71). The second-order valence-corrected chi connectivity index (χ2v) is 24.7. The van der Waals surface area contributed by atoms with E-state index in [0.29, 0.717) is 0 Å². The molecule has 81 heavy (non-hydrogen) atoms. The van der Waals surface area contributed by atoms with E-state index in [4.69, 9.17) is 29.9 Å². The van der Waals surface area contributed by atoms with E-state index in [2.05, 4.69) is 58.8 Å². The van der Waals surface area contributed by atoms with Gasteiger partial charge in [0.05, 0.1) is 76.7 Å². The lowest BCUT2D eigenvalue weighted by atomic mass is 10.1. The minimum Gasteiger partial charge on any atom is -0.494 e. The number of hydrogen-bond donors (Lipinski definition) is 8. The van der Waals surface area contributed by atoms with Crippen molar-refractivity contribution in [3.63, 3.8) is 0 Å². The summed E-state index contributed by atoms with van der Waals surface area (Å²) in [5.74, 6) is -4.50. The fourth-order valence-electron chi connectivity index (χ4n) is 6.49. The maximum absolute atomic E-state index is 13.1. The van der Waals surface area contributed by atoms with Crippen molar-refractivity contribution in [2.24, 2.45) is 40.9 Å². The van der Waals surface area contributed by atoms with Crippen LogP contribution in [-0.2, 0) is 84.8 Å². The number of nitrogens with zero attached hydrogens (tertiary/aromatic N) is 8. The number of aryl methyl sites for hydroxylation is 1. The topological polar surface area (TPSA) is 540 Å². The monoisotopic (exact) mass is 1250 g/mol. The highest BCUT2D eigenvalue weighted by molar-refractivity contribution is 7.91. The molecular weight excluding hydrogens is 1210 g/mol. The van der Waals surface area contributed by atoms with Crippen molar-refractivity contribution in [1.29, 1.82) is 0 Å². The summed E-state index contributed by atoms with van der Waals surface area (Å²) < 4.78 is 195. The number of carbonyl (C=O) groups is 2. The summed E-state index contributed by atoms with van der Waals surface area (Å²) >= 11 is 0. The van der Waals surface area contributed by atoms with E-state index in [1.807, 2.05) is 0 Å². The van der Waals surface area contributed by atoms with Gasteiger partial charge in [-0.1, -0.05) is 6.07 Å². The number of nitrogen functional groups attached to an aromatic ring is 2. The summed E-state index contributed by atoms with van der Waals surface area (Å²) in [6.07, 6.45) is -0.0100. The van der Waals surface area contributed by atoms with Gasteiger partial charge in [-0.2, -0.15) is 43.9 Å². The molecular formula is C41H43N11O23S6. The van der Waals surface area contributed by atoms with Gasteiger partial charge < -0.3 is 26.6 Å². The number of carboxylic acids is 1. The molecule has 0 fully saturated rings. The largest absolute Gasteiger partial charge is 0.494 e. The first-order valence-corrected chi connectivity index (χ1v) is 30.7. The third-order valence-corrected chi connectivity index (χ3v) is 15.7. The van der Waals surface area contributed by atoms with Crippen molar-refractivity contribution in [1.82, 2.24) is 0 Å². The number of aromatic carboxylic acids is 1. The normalized spacial score (nSPS) is 13.0. The molecule has 1 amide bonds. The third-order valence-electron chi connectivity index (χ3n) is 10.1. The van der Waals surface area contributed by atoms with E-state index in [9.17, 15) is 69.8 Å². The Morgan fingerprint density at radius 3 is 1.43 bits per heavy atom. The smallest absolute Gasteiger partial charge is 0.397 e. The minimum absolute atomic E-state index is 0.00837. The van der Waals surface area contributed by atoms with Crippen LogP contribution in [0.3, 0.4) is 0 Å². The fraction of sp³-hybridized carbons (Fsp3) is 0.220. The molecule has 0 aliphatic heterocycles. The Morgan fingerprint density at radius 2 is 0.988 bits per heavy atom. The summed E-state index contributed by atoms with van der Waals surface area (Å²) in [7, 11) is -26.9. The van der Waals surface area contributed by atoms with Gasteiger partial charge in [0.1, 0.15) is 50.3 Å². The number of rotatable bonds is 27. The van der Waals surface area contributed by atoms with Gasteiger partial charge in [-0.3, -0.25) is 23.0 Å². The van der Waals surface area contributed by atoms with Gasteiger partial charge >= 0.3 is 37.2 Å². The summed E-state index contributed by atoms with van der Waals surface area (Å²) in [6.45, 7) is -1.24. The van der Waals surface area contributed by atoms with Crippen LogP contribution >= 0.6 is 0 Å². The Morgan fingerprint density at radius 1 is 0.543 bits per heavy atom. The molecule has 40 heteroatoms. The molecule has 5 aromatic carbocycles. The zero-order chi connectivity index (χ0) is 60.3. The second-order valence-electron chi connectivity index (χ2n) is 15.8. The van der Waals surface area contributed by atoms with E-state index in [1.54, 1.807) is 0 Å². The highest BCUT2D eigenvalue weighted by atomic mass is 32.3. The number of hydrogen-bond acceptors (Lipinski definition) is 28. The molecule has 0 radical (unpaired) electrons. The van der Waals surface area contributed by atoms with Gasteiger partial charge in [0, 0.05) is 13.0 Å². The lowest BCUT2D eigenvalue weighted by Crippen LogP contribution is -2.15. The van der Waals surface area contributed by atoms with E-state index in [0.717, 1.165) is 86.8 Å². The highest BCUT2D eigenvalue weighted by Crippen LogP contribution is 2.50. The molecule has 0 atom stereocenters. The average molecular weight is 1250 g/mol. The number of nitrogens with two attached hydrogens (primary N) is 2. The molecule has 0 spiro atoms. The van der Waals surface area contributed by atoms with E-state index in [-0.39, 0.29) is 62.4 Å². The first-order valence-electron chi connectivity index (χ1n) is 21.8. The Bertz CT molecular complexity index is 4070. The summed E-state index contributed by atoms with van der Waals surface area (Å²) in [6, 6.07) is 14.4. The number of anilines is 3. The van der Waals surface area contributed by atoms with E-state index in [1.165, 1.54) is 6.07 Å². The Balaban J connectivity index is 1.62. The zero-order valence-electron chi connectivity index (χ0n) is 41.2. The molecule has 0 aromatic heterocycles.